The summed E-state index contributed by atoms with van der Waals surface area (Å²) in [6.45, 7) is 2.49. The average Bonchev–Trinajstić information content (AvgIpc) is 2.30. The standard InChI is InChI=1S/C12H23NO/c1-14-12-4-2-10(3-5-12)11-6-8-13-9-7-11/h10-13H,2-9H2,1H3. The van der Waals surface area contributed by atoms with Crippen LogP contribution < -0.4 is 5.32 Å². The van der Waals surface area contributed by atoms with Crippen LogP contribution in [-0.4, -0.2) is 26.3 Å². The van der Waals surface area contributed by atoms with Crippen LogP contribution in [0.4, 0.5) is 0 Å². The predicted molar refractivity (Wildman–Crippen MR) is 58.3 cm³/mol. The Hall–Kier alpha value is -0.0800. The fourth-order valence-electron chi connectivity index (χ4n) is 3.11. The number of rotatable bonds is 2. The minimum absolute atomic E-state index is 0.563. The van der Waals surface area contributed by atoms with Crippen molar-refractivity contribution >= 4 is 0 Å². The zero-order valence-electron chi connectivity index (χ0n) is 9.30. The first-order valence-corrected chi connectivity index (χ1v) is 6.13. The summed E-state index contributed by atoms with van der Waals surface area (Å²) in [5, 5.41) is 3.45. The zero-order chi connectivity index (χ0) is 9.80. The van der Waals surface area contributed by atoms with Crippen molar-refractivity contribution in [2.75, 3.05) is 20.2 Å². The third-order valence-corrected chi connectivity index (χ3v) is 4.10. The molecule has 0 spiro atoms. The Morgan fingerprint density at radius 1 is 0.857 bits per heavy atom. The topological polar surface area (TPSA) is 21.3 Å². The molecule has 1 saturated carbocycles. The van der Waals surface area contributed by atoms with Gasteiger partial charge in [-0.2, -0.15) is 0 Å². The van der Waals surface area contributed by atoms with E-state index in [1.54, 1.807) is 0 Å². The summed E-state index contributed by atoms with van der Waals surface area (Å²) in [5.41, 5.74) is 0. The van der Waals surface area contributed by atoms with E-state index in [0.29, 0.717) is 6.10 Å². The number of nitrogens with one attached hydrogen (secondary N) is 1. The molecule has 1 aliphatic heterocycles. The fraction of sp³-hybridized carbons (Fsp3) is 1.00. The highest BCUT2D eigenvalue weighted by Gasteiger charge is 2.28. The van der Waals surface area contributed by atoms with Crippen molar-refractivity contribution in [2.45, 2.75) is 44.6 Å². The molecule has 1 N–H and O–H groups in total. The Morgan fingerprint density at radius 3 is 2.00 bits per heavy atom. The van der Waals surface area contributed by atoms with E-state index in [1.807, 2.05) is 7.11 Å². The molecule has 2 rings (SSSR count). The summed E-state index contributed by atoms with van der Waals surface area (Å²) in [7, 11) is 1.86. The van der Waals surface area contributed by atoms with Crippen LogP contribution in [0.2, 0.25) is 0 Å². The normalized spacial score (nSPS) is 35.8. The van der Waals surface area contributed by atoms with E-state index < -0.39 is 0 Å². The van der Waals surface area contributed by atoms with Crippen LogP contribution in [0.25, 0.3) is 0 Å². The van der Waals surface area contributed by atoms with Crippen molar-refractivity contribution in [1.29, 1.82) is 0 Å². The Kier molecular flexibility index (Phi) is 3.82. The summed E-state index contributed by atoms with van der Waals surface area (Å²) in [4.78, 5) is 0. The van der Waals surface area contributed by atoms with Crippen LogP contribution >= 0.6 is 0 Å². The highest BCUT2D eigenvalue weighted by Crippen LogP contribution is 2.35. The monoisotopic (exact) mass is 197 g/mol. The summed E-state index contributed by atoms with van der Waals surface area (Å²) in [5.74, 6) is 2.01. The van der Waals surface area contributed by atoms with Gasteiger partial charge in [-0.3, -0.25) is 0 Å². The summed E-state index contributed by atoms with van der Waals surface area (Å²) >= 11 is 0. The van der Waals surface area contributed by atoms with Crippen LogP contribution in [0.1, 0.15) is 38.5 Å². The van der Waals surface area contributed by atoms with E-state index in [-0.39, 0.29) is 0 Å². The number of piperidine rings is 1. The molecular formula is C12H23NO. The molecule has 0 amide bonds. The van der Waals surface area contributed by atoms with E-state index in [2.05, 4.69) is 5.32 Å². The highest BCUT2D eigenvalue weighted by molar-refractivity contribution is 4.80. The first-order chi connectivity index (χ1) is 6.90. The Labute approximate surface area is 87.4 Å². The average molecular weight is 197 g/mol. The maximum absolute atomic E-state index is 5.41. The van der Waals surface area contributed by atoms with Crippen LogP contribution in [0.5, 0.6) is 0 Å². The highest BCUT2D eigenvalue weighted by atomic mass is 16.5. The molecule has 0 atom stereocenters. The van der Waals surface area contributed by atoms with Gasteiger partial charge in [0.05, 0.1) is 6.10 Å². The summed E-state index contributed by atoms with van der Waals surface area (Å²) in [6.07, 6.45) is 8.78. The van der Waals surface area contributed by atoms with Crippen LogP contribution in [0.3, 0.4) is 0 Å². The van der Waals surface area contributed by atoms with Gasteiger partial charge in [-0.05, 0) is 63.5 Å². The maximum Gasteiger partial charge on any atom is 0.0571 e. The first kappa shape index (κ1) is 10.4. The number of ether oxygens (including phenoxy) is 1. The number of hydrogen-bond acceptors (Lipinski definition) is 2. The molecule has 1 saturated heterocycles. The lowest BCUT2D eigenvalue weighted by Gasteiger charge is -2.35. The Bertz CT molecular complexity index is 158. The second-order valence-corrected chi connectivity index (χ2v) is 4.86. The molecule has 0 aromatic heterocycles. The smallest absolute Gasteiger partial charge is 0.0571 e. The van der Waals surface area contributed by atoms with Crippen molar-refractivity contribution in [3.63, 3.8) is 0 Å². The van der Waals surface area contributed by atoms with Gasteiger partial charge >= 0.3 is 0 Å². The van der Waals surface area contributed by atoms with E-state index in [4.69, 9.17) is 4.74 Å². The van der Waals surface area contributed by atoms with E-state index in [9.17, 15) is 0 Å². The van der Waals surface area contributed by atoms with Crippen molar-refractivity contribution in [2.24, 2.45) is 11.8 Å². The number of methoxy groups -OCH3 is 1. The molecule has 14 heavy (non-hydrogen) atoms. The zero-order valence-corrected chi connectivity index (χ0v) is 9.30. The van der Waals surface area contributed by atoms with Gasteiger partial charge in [0.25, 0.3) is 0 Å². The second kappa shape index (κ2) is 5.13. The fourth-order valence-corrected chi connectivity index (χ4v) is 3.11. The largest absolute Gasteiger partial charge is 0.381 e. The Morgan fingerprint density at radius 2 is 1.43 bits per heavy atom. The van der Waals surface area contributed by atoms with Gasteiger partial charge < -0.3 is 10.1 Å². The second-order valence-electron chi connectivity index (χ2n) is 4.86. The van der Waals surface area contributed by atoms with E-state index in [1.165, 1.54) is 51.6 Å². The molecule has 1 aliphatic carbocycles. The van der Waals surface area contributed by atoms with Crippen molar-refractivity contribution < 1.29 is 4.74 Å². The molecule has 2 aliphatic rings. The molecule has 0 bridgehead atoms. The molecule has 0 aromatic rings. The number of hydrogen-bond donors (Lipinski definition) is 1. The van der Waals surface area contributed by atoms with Crippen LogP contribution in [0, 0.1) is 11.8 Å². The van der Waals surface area contributed by atoms with Crippen LogP contribution in [0.15, 0.2) is 0 Å². The Balaban J connectivity index is 1.76. The van der Waals surface area contributed by atoms with E-state index >= 15 is 0 Å². The van der Waals surface area contributed by atoms with Crippen molar-refractivity contribution in [3.05, 3.63) is 0 Å². The molecule has 0 aromatic carbocycles. The molecule has 82 valence electrons. The quantitative estimate of drug-likeness (QED) is 0.732. The SMILES string of the molecule is COC1CCC(C2CCNCC2)CC1. The van der Waals surface area contributed by atoms with Crippen molar-refractivity contribution in [3.8, 4) is 0 Å². The minimum Gasteiger partial charge on any atom is -0.381 e. The molecule has 1 heterocycles. The third kappa shape index (κ3) is 2.48. The molecule has 2 fully saturated rings. The lowest BCUT2D eigenvalue weighted by Crippen LogP contribution is -2.34. The van der Waals surface area contributed by atoms with Gasteiger partial charge in [0.1, 0.15) is 0 Å². The molecular weight excluding hydrogens is 174 g/mol. The lowest BCUT2D eigenvalue weighted by molar-refractivity contribution is 0.0427. The molecule has 0 radical (unpaired) electrons. The molecule has 0 unspecified atom stereocenters. The summed E-state index contributed by atoms with van der Waals surface area (Å²) < 4.78 is 5.41. The minimum atomic E-state index is 0.563. The lowest BCUT2D eigenvalue weighted by atomic mass is 9.75. The maximum atomic E-state index is 5.41. The van der Waals surface area contributed by atoms with E-state index in [0.717, 1.165) is 11.8 Å². The van der Waals surface area contributed by atoms with Gasteiger partial charge in [-0.25, -0.2) is 0 Å². The van der Waals surface area contributed by atoms with Gasteiger partial charge in [0.15, 0.2) is 0 Å². The van der Waals surface area contributed by atoms with Gasteiger partial charge in [0, 0.05) is 7.11 Å². The summed E-state index contributed by atoms with van der Waals surface area (Å²) in [6, 6.07) is 0. The van der Waals surface area contributed by atoms with Gasteiger partial charge in [-0.15, -0.1) is 0 Å². The van der Waals surface area contributed by atoms with Crippen LogP contribution in [-0.2, 0) is 4.74 Å². The van der Waals surface area contributed by atoms with Gasteiger partial charge in [-0.1, -0.05) is 0 Å². The molecule has 2 nitrogen and oxygen atoms in total. The first-order valence-electron chi connectivity index (χ1n) is 6.13. The van der Waals surface area contributed by atoms with Gasteiger partial charge in [0.2, 0.25) is 0 Å². The molecule has 2 heteroatoms. The van der Waals surface area contributed by atoms with Crippen molar-refractivity contribution in [1.82, 2.24) is 5.32 Å². The predicted octanol–water partition coefficient (Wildman–Crippen LogP) is 2.19. The third-order valence-electron chi connectivity index (χ3n) is 4.10.